The van der Waals surface area contributed by atoms with Gasteiger partial charge in [-0.1, -0.05) is 12.5 Å². The number of carbonyl (C=O) groups is 1. The molecule has 2 unspecified atom stereocenters. The molecule has 2 aliphatic carbocycles. The van der Waals surface area contributed by atoms with Crippen molar-refractivity contribution in [2.45, 2.75) is 69.3 Å². The van der Waals surface area contributed by atoms with Gasteiger partial charge in [0.15, 0.2) is 11.5 Å². The summed E-state index contributed by atoms with van der Waals surface area (Å²) >= 11 is 0. The molecule has 0 heterocycles. The van der Waals surface area contributed by atoms with Crippen molar-refractivity contribution in [2.75, 3.05) is 21.3 Å². The Labute approximate surface area is 168 Å². The lowest BCUT2D eigenvalue weighted by molar-refractivity contribution is -0.142. The van der Waals surface area contributed by atoms with Crippen molar-refractivity contribution in [3.05, 3.63) is 23.8 Å². The molecule has 5 heteroatoms. The summed E-state index contributed by atoms with van der Waals surface area (Å²) in [6, 6.07) is 6.27. The lowest BCUT2D eigenvalue weighted by Gasteiger charge is -2.39. The molecule has 0 N–H and O–H groups in total. The highest BCUT2D eigenvalue weighted by molar-refractivity contribution is 5.75. The van der Waals surface area contributed by atoms with Gasteiger partial charge in [-0.05, 0) is 68.6 Å². The minimum Gasteiger partial charge on any atom is -0.493 e. The van der Waals surface area contributed by atoms with E-state index in [1.165, 1.54) is 25.5 Å². The van der Waals surface area contributed by atoms with E-state index in [9.17, 15) is 4.79 Å². The van der Waals surface area contributed by atoms with Crippen LogP contribution in [0, 0.1) is 5.92 Å². The second kappa shape index (κ2) is 9.44. The maximum absolute atomic E-state index is 11.8. The summed E-state index contributed by atoms with van der Waals surface area (Å²) < 4.78 is 16.8. The molecule has 0 amide bonds. The summed E-state index contributed by atoms with van der Waals surface area (Å²) in [4.78, 5) is 16.2. The van der Waals surface area contributed by atoms with Crippen LogP contribution in [-0.4, -0.2) is 39.6 Å². The van der Waals surface area contributed by atoms with Gasteiger partial charge in [0.1, 0.15) is 0 Å². The van der Waals surface area contributed by atoms with Crippen LogP contribution in [0.3, 0.4) is 0 Å². The molecule has 0 spiro atoms. The third-order valence-corrected chi connectivity index (χ3v) is 6.28. The van der Waals surface area contributed by atoms with Crippen LogP contribution in [0.4, 0.5) is 0 Å². The zero-order valence-electron chi connectivity index (χ0n) is 17.4. The zero-order chi connectivity index (χ0) is 20.0. The van der Waals surface area contributed by atoms with Gasteiger partial charge in [-0.3, -0.25) is 9.79 Å². The van der Waals surface area contributed by atoms with Gasteiger partial charge in [-0.2, -0.15) is 0 Å². The van der Waals surface area contributed by atoms with E-state index in [2.05, 4.69) is 23.3 Å². The third-order valence-electron chi connectivity index (χ3n) is 6.28. The Hall–Kier alpha value is -2.04. The second-order valence-electron chi connectivity index (χ2n) is 8.18. The molecule has 0 radical (unpaired) electrons. The SMILES string of the molecule is CN=CC1(c2ccc(OC)c(OC3CCCC3)c2)CCCC(CC(=O)OC)C1. The number of benzene rings is 1. The fourth-order valence-electron chi connectivity index (χ4n) is 4.88. The summed E-state index contributed by atoms with van der Waals surface area (Å²) in [5.74, 6) is 1.78. The lowest BCUT2D eigenvalue weighted by Crippen LogP contribution is -2.35. The van der Waals surface area contributed by atoms with Crippen LogP contribution in [0.15, 0.2) is 23.2 Å². The Kier molecular flexibility index (Phi) is 6.97. The number of hydrogen-bond donors (Lipinski definition) is 0. The first kappa shape index (κ1) is 20.7. The minimum atomic E-state index is -0.175. The summed E-state index contributed by atoms with van der Waals surface area (Å²) in [5, 5.41) is 0. The van der Waals surface area contributed by atoms with Gasteiger partial charge in [0.2, 0.25) is 0 Å². The first-order valence-corrected chi connectivity index (χ1v) is 10.5. The van der Waals surface area contributed by atoms with Crippen molar-refractivity contribution in [3.8, 4) is 11.5 Å². The molecule has 5 nitrogen and oxygen atoms in total. The van der Waals surface area contributed by atoms with Crippen LogP contribution in [0.2, 0.25) is 0 Å². The lowest BCUT2D eigenvalue weighted by atomic mass is 9.66. The van der Waals surface area contributed by atoms with Crippen molar-refractivity contribution in [3.63, 3.8) is 0 Å². The highest BCUT2D eigenvalue weighted by Crippen LogP contribution is 2.44. The molecule has 3 rings (SSSR count). The van der Waals surface area contributed by atoms with E-state index in [4.69, 9.17) is 14.2 Å². The van der Waals surface area contributed by atoms with Crippen LogP contribution in [0.25, 0.3) is 0 Å². The van der Waals surface area contributed by atoms with Crippen molar-refractivity contribution in [1.29, 1.82) is 0 Å². The molecular formula is C23H33NO4. The number of rotatable bonds is 7. The summed E-state index contributed by atoms with van der Waals surface area (Å²) in [5.41, 5.74) is 1.02. The Morgan fingerprint density at radius 3 is 2.64 bits per heavy atom. The van der Waals surface area contributed by atoms with Gasteiger partial charge in [-0.25, -0.2) is 0 Å². The van der Waals surface area contributed by atoms with E-state index in [1.54, 1.807) is 7.11 Å². The molecule has 0 aliphatic heterocycles. The van der Waals surface area contributed by atoms with Crippen LogP contribution in [0.1, 0.15) is 63.4 Å². The monoisotopic (exact) mass is 387 g/mol. The van der Waals surface area contributed by atoms with Gasteiger partial charge < -0.3 is 14.2 Å². The highest BCUT2D eigenvalue weighted by atomic mass is 16.5. The van der Waals surface area contributed by atoms with Crippen LogP contribution in [-0.2, 0) is 14.9 Å². The fraction of sp³-hybridized carbons (Fsp3) is 0.652. The number of aliphatic imine (C=N–C) groups is 1. The highest BCUT2D eigenvalue weighted by Gasteiger charge is 2.38. The number of nitrogens with zero attached hydrogens (tertiary/aromatic N) is 1. The van der Waals surface area contributed by atoms with Gasteiger partial charge >= 0.3 is 5.97 Å². The van der Waals surface area contributed by atoms with Gasteiger partial charge in [-0.15, -0.1) is 0 Å². The van der Waals surface area contributed by atoms with Gasteiger partial charge in [0, 0.05) is 25.1 Å². The Morgan fingerprint density at radius 2 is 1.96 bits per heavy atom. The van der Waals surface area contributed by atoms with Crippen molar-refractivity contribution in [1.82, 2.24) is 0 Å². The van der Waals surface area contributed by atoms with E-state index in [-0.39, 0.29) is 17.5 Å². The third kappa shape index (κ3) is 4.68. The molecule has 28 heavy (non-hydrogen) atoms. The normalized spacial score (nSPS) is 25.8. The molecule has 0 saturated heterocycles. The van der Waals surface area contributed by atoms with E-state index in [1.807, 2.05) is 13.1 Å². The molecule has 0 bridgehead atoms. The maximum Gasteiger partial charge on any atom is 0.305 e. The largest absolute Gasteiger partial charge is 0.493 e. The average Bonchev–Trinajstić information content (AvgIpc) is 3.21. The second-order valence-corrected chi connectivity index (χ2v) is 8.18. The summed E-state index contributed by atoms with van der Waals surface area (Å²) in [6.45, 7) is 0. The van der Waals surface area contributed by atoms with Crippen LogP contribution < -0.4 is 9.47 Å². The molecule has 2 fully saturated rings. The van der Waals surface area contributed by atoms with Gasteiger partial charge in [0.25, 0.3) is 0 Å². The molecule has 1 aromatic carbocycles. The minimum absolute atomic E-state index is 0.130. The standard InChI is InChI=1S/C23H33NO4/c1-24-16-23(12-6-7-17(15-23)13-22(25)27-3)18-10-11-20(26-2)21(14-18)28-19-8-4-5-9-19/h10-11,14,16-17,19H,4-9,12-13,15H2,1-3H3. The summed E-state index contributed by atoms with van der Waals surface area (Å²) in [7, 11) is 4.97. The Balaban J connectivity index is 1.89. The number of ether oxygens (including phenoxy) is 3. The number of carbonyl (C=O) groups excluding carboxylic acids is 1. The van der Waals surface area contributed by atoms with Crippen LogP contribution >= 0.6 is 0 Å². The topological polar surface area (TPSA) is 57.1 Å². The smallest absolute Gasteiger partial charge is 0.305 e. The molecular weight excluding hydrogens is 354 g/mol. The average molecular weight is 388 g/mol. The number of methoxy groups -OCH3 is 2. The molecule has 2 saturated carbocycles. The number of hydrogen-bond acceptors (Lipinski definition) is 5. The van der Waals surface area contributed by atoms with E-state index in [0.717, 1.165) is 50.0 Å². The van der Waals surface area contributed by atoms with Crippen LogP contribution in [0.5, 0.6) is 11.5 Å². The van der Waals surface area contributed by atoms with Crippen molar-refractivity contribution < 1.29 is 19.0 Å². The number of esters is 1. The molecule has 154 valence electrons. The van der Waals surface area contributed by atoms with E-state index < -0.39 is 0 Å². The predicted molar refractivity (Wildman–Crippen MR) is 111 cm³/mol. The predicted octanol–water partition coefficient (Wildman–Crippen LogP) is 4.71. The Bertz CT molecular complexity index is 696. The van der Waals surface area contributed by atoms with Crippen molar-refractivity contribution >= 4 is 12.2 Å². The fourth-order valence-corrected chi connectivity index (χ4v) is 4.88. The molecule has 2 aliphatic rings. The van der Waals surface area contributed by atoms with Gasteiger partial charge in [0.05, 0.1) is 20.3 Å². The van der Waals surface area contributed by atoms with E-state index in [0.29, 0.717) is 12.3 Å². The maximum atomic E-state index is 11.8. The van der Waals surface area contributed by atoms with Crippen molar-refractivity contribution in [2.24, 2.45) is 10.9 Å². The van der Waals surface area contributed by atoms with E-state index >= 15 is 0 Å². The quantitative estimate of drug-likeness (QED) is 0.502. The summed E-state index contributed by atoms with van der Waals surface area (Å²) in [6.07, 6.45) is 11.5. The first-order chi connectivity index (χ1) is 13.6. The molecule has 2 atom stereocenters. The molecule has 1 aromatic rings. The molecule has 0 aromatic heterocycles. The first-order valence-electron chi connectivity index (χ1n) is 10.5. The Morgan fingerprint density at radius 1 is 1.18 bits per heavy atom. The zero-order valence-corrected chi connectivity index (χ0v) is 17.4.